The zero-order valence-corrected chi connectivity index (χ0v) is 21.4. The molecule has 33 heavy (non-hydrogen) atoms. The Balaban J connectivity index is 1.31. The minimum atomic E-state index is -0.388. The SMILES string of the molecule is CCC[C@@]1(O)CC[C@@]2(C)[C@H](CC[C@@H]3[C@@H]2CC[C@]2(C)[C@@H](C(C)Cn4cc(C#N)cn4)CC[C@@H]32)C1. The van der Waals surface area contributed by atoms with Gasteiger partial charge in [0.05, 0.1) is 17.4 Å². The van der Waals surface area contributed by atoms with Crippen molar-refractivity contribution in [2.45, 2.75) is 110 Å². The number of aliphatic hydroxyl groups is 1. The summed E-state index contributed by atoms with van der Waals surface area (Å²) < 4.78 is 2.00. The molecule has 4 nitrogen and oxygen atoms in total. The van der Waals surface area contributed by atoms with E-state index in [9.17, 15) is 5.11 Å². The van der Waals surface area contributed by atoms with Crippen LogP contribution in [0, 0.1) is 57.7 Å². The highest BCUT2D eigenvalue weighted by molar-refractivity contribution is 5.21. The molecule has 0 bridgehead atoms. The van der Waals surface area contributed by atoms with E-state index in [-0.39, 0.29) is 5.60 Å². The van der Waals surface area contributed by atoms with Crippen LogP contribution in [0.3, 0.4) is 0 Å². The molecule has 4 aliphatic rings. The van der Waals surface area contributed by atoms with E-state index < -0.39 is 0 Å². The van der Waals surface area contributed by atoms with Crippen LogP contribution in [-0.2, 0) is 6.54 Å². The monoisotopic (exact) mass is 451 g/mol. The number of hydrogen-bond donors (Lipinski definition) is 1. The normalized spacial score (nSPS) is 45.5. The number of nitriles is 1. The second kappa shape index (κ2) is 8.40. The van der Waals surface area contributed by atoms with Crippen LogP contribution in [0.15, 0.2) is 12.4 Å². The predicted octanol–water partition coefficient (Wildman–Crippen LogP) is 6.58. The Morgan fingerprint density at radius 2 is 1.91 bits per heavy atom. The molecule has 1 heterocycles. The molecule has 0 spiro atoms. The summed E-state index contributed by atoms with van der Waals surface area (Å²) >= 11 is 0. The second-order valence-electron chi connectivity index (χ2n) is 13.1. The van der Waals surface area contributed by atoms with Crippen LogP contribution in [0.25, 0.3) is 0 Å². The van der Waals surface area contributed by atoms with Gasteiger partial charge in [0.15, 0.2) is 0 Å². The predicted molar refractivity (Wildman–Crippen MR) is 131 cm³/mol. The summed E-state index contributed by atoms with van der Waals surface area (Å²) in [5.41, 5.74) is 1.17. The van der Waals surface area contributed by atoms with Crippen LogP contribution in [0.4, 0.5) is 0 Å². The fourth-order valence-corrected chi connectivity index (χ4v) is 9.93. The van der Waals surface area contributed by atoms with Gasteiger partial charge in [-0.15, -0.1) is 0 Å². The Morgan fingerprint density at radius 3 is 2.64 bits per heavy atom. The maximum Gasteiger partial charge on any atom is 0.102 e. The molecule has 0 aromatic carbocycles. The van der Waals surface area contributed by atoms with Gasteiger partial charge in [-0.1, -0.05) is 34.1 Å². The summed E-state index contributed by atoms with van der Waals surface area (Å²) in [5, 5.41) is 24.8. The summed E-state index contributed by atoms with van der Waals surface area (Å²) in [7, 11) is 0. The molecular formula is C29H45N3O. The summed E-state index contributed by atoms with van der Waals surface area (Å²) in [5.74, 6) is 4.68. The van der Waals surface area contributed by atoms with Crippen molar-refractivity contribution >= 4 is 0 Å². The fourth-order valence-electron chi connectivity index (χ4n) is 9.93. The highest BCUT2D eigenvalue weighted by atomic mass is 16.3. The van der Waals surface area contributed by atoms with Gasteiger partial charge >= 0.3 is 0 Å². The first-order chi connectivity index (χ1) is 15.7. The lowest BCUT2D eigenvalue weighted by Crippen LogP contribution is -2.56. The van der Waals surface area contributed by atoms with Gasteiger partial charge in [-0.05, 0) is 111 Å². The molecule has 0 amide bonds. The molecular weight excluding hydrogens is 406 g/mol. The Kier molecular flexibility index (Phi) is 5.96. The molecule has 0 radical (unpaired) electrons. The lowest BCUT2D eigenvalue weighted by atomic mass is 9.43. The molecule has 0 saturated heterocycles. The van der Waals surface area contributed by atoms with Crippen molar-refractivity contribution in [1.82, 2.24) is 9.78 Å². The number of aromatic nitrogens is 2. The maximum absolute atomic E-state index is 11.2. The highest BCUT2D eigenvalue weighted by Crippen LogP contribution is 2.69. The lowest BCUT2D eigenvalue weighted by molar-refractivity contribution is -0.153. The van der Waals surface area contributed by atoms with E-state index in [1.165, 1.54) is 44.9 Å². The van der Waals surface area contributed by atoms with Crippen molar-refractivity contribution in [2.75, 3.05) is 0 Å². The summed E-state index contributed by atoms with van der Waals surface area (Å²) in [6.45, 7) is 10.8. The lowest BCUT2D eigenvalue weighted by Gasteiger charge is -2.62. The third-order valence-electron chi connectivity index (χ3n) is 11.5. The minimum Gasteiger partial charge on any atom is -0.390 e. The average Bonchev–Trinajstić information content (AvgIpc) is 3.38. The number of hydrogen-bond acceptors (Lipinski definition) is 3. The Labute approximate surface area is 201 Å². The molecule has 9 atom stereocenters. The maximum atomic E-state index is 11.2. The molecule has 4 fully saturated rings. The average molecular weight is 452 g/mol. The van der Waals surface area contributed by atoms with E-state index in [0.717, 1.165) is 61.8 Å². The molecule has 0 aliphatic heterocycles. The largest absolute Gasteiger partial charge is 0.390 e. The van der Waals surface area contributed by atoms with Crippen molar-refractivity contribution in [3.8, 4) is 6.07 Å². The molecule has 1 unspecified atom stereocenters. The molecule has 5 rings (SSSR count). The van der Waals surface area contributed by atoms with Crippen LogP contribution in [-0.4, -0.2) is 20.5 Å². The second-order valence-corrected chi connectivity index (χ2v) is 13.1. The minimum absolute atomic E-state index is 0.388. The molecule has 1 N–H and O–H groups in total. The van der Waals surface area contributed by atoms with Crippen LogP contribution in [0.5, 0.6) is 0 Å². The Hall–Kier alpha value is -1.34. The van der Waals surface area contributed by atoms with Crippen LogP contribution in [0.2, 0.25) is 0 Å². The summed E-state index contributed by atoms with van der Waals surface area (Å²) in [6.07, 6.45) is 17.2. The molecule has 1 aromatic heterocycles. The van der Waals surface area contributed by atoms with E-state index in [1.54, 1.807) is 6.20 Å². The van der Waals surface area contributed by atoms with Gasteiger partial charge in [0, 0.05) is 12.7 Å². The van der Waals surface area contributed by atoms with Gasteiger partial charge in [-0.2, -0.15) is 10.4 Å². The first-order valence-corrected chi connectivity index (χ1v) is 13.9. The number of fused-ring (bicyclic) bond motifs is 5. The summed E-state index contributed by atoms with van der Waals surface area (Å²) in [4.78, 5) is 0. The zero-order chi connectivity index (χ0) is 23.4. The van der Waals surface area contributed by atoms with Crippen molar-refractivity contribution in [3.63, 3.8) is 0 Å². The van der Waals surface area contributed by atoms with Gasteiger partial charge in [0.2, 0.25) is 0 Å². The smallest absolute Gasteiger partial charge is 0.102 e. The van der Waals surface area contributed by atoms with E-state index in [1.807, 2.05) is 10.9 Å². The van der Waals surface area contributed by atoms with Gasteiger partial charge in [-0.3, -0.25) is 4.68 Å². The topological polar surface area (TPSA) is 61.8 Å². The van der Waals surface area contributed by atoms with Crippen LogP contribution < -0.4 is 0 Å². The molecule has 4 heteroatoms. The van der Waals surface area contributed by atoms with E-state index in [0.29, 0.717) is 22.3 Å². The third kappa shape index (κ3) is 3.78. The first kappa shape index (κ1) is 23.4. The highest BCUT2D eigenvalue weighted by Gasteiger charge is 2.61. The number of rotatable bonds is 5. The quantitative estimate of drug-likeness (QED) is 0.550. The molecule has 182 valence electrons. The van der Waals surface area contributed by atoms with E-state index in [4.69, 9.17) is 5.26 Å². The van der Waals surface area contributed by atoms with Crippen molar-refractivity contribution in [3.05, 3.63) is 18.0 Å². The van der Waals surface area contributed by atoms with Gasteiger partial charge in [0.1, 0.15) is 6.07 Å². The van der Waals surface area contributed by atoms with Crippen molar-refractivity contribution in [2.24, 2.45) is 46.3 Å². The van der Waals surface area contributed by atoms with Crippen molar-refractivity contribution in [1.29, 1.82) is 5.26 Å². The first-order valence-electron chi connectivity index (χ1n) is 13.9. The van der Waals surface area contributed by atoms with Crippen molar-refractivity contribution < 1.29 is 5.11 Å². The van der Waals surface area contributed by atoms with Gasteiger partial charge < -0.3 is 5.11 Å². The molecule has 4 saturated carbocycles. The van der Waals surface area contributed by atoms with Crippen LogP contribution >= 0.6 is 0 Å². The standard InChI is InChI=1S/C29H45N3O/c1-5-11-29(33)14-13-27(3)22(15-29)6-7-23-25-9-8-24(28(25,4)12-10-26(23)27)20(2)18-32-19-21(16-30)17-31-32/h17,19-20,22-26,33H,5-15,18H2,1-4H3/t20?,22-,23+,24-,25+,26+,27+,28-,29-/m1/s1. The Morgan fingerprint density at radius 1 is 1.12 bits per heavy atom. The zero-order valence-electron chi connectivity index (χ0n) is 21.4. The molecule has 4 aliphatic carbocycles. The Bertz CT molecular complexity index is 903. The van der Waals surface area contributed by atoms with Crippen LogP contribution in [0.1, 0.15) is 104 Å². The van der Waals surface area contributed by atoms with E-state index >= 15 is 0 Å². The third-order valence-corrected chi connectivity index (χ3v) is 11.5. The fraction of sp³-hybridized carbons (Fsp3) is 0.862. The van der Waals surface area contributed by atoms with Gasteiger partial charge in [-0.25, -0.2) is 0 Å². The van der Waals surface area contributed by atoms with Gasteiger partial charge in [0.25, 0.3) is 0 Å². The number of nitrogens with zero attached hydrogens (tertiary/aromatic N) is 3. The van der Waals surface area contributed by atoms with E-state index in [2.05, 4.69) is 38.9 Å². The molecule has 1 aromatic rings. The summed E-state index contributed by atoms with van der Waals surface area (Å²) in [6, 6.07) is 2.21.